The minimum absolute atomic E-state index is 0.190. The zero-order valence-corrected chi connectivity index (χ0v) is 14.8. The quantitative estimate of drug-likeness (QED) is 0.730. The average Bonchev–Trinajstić information content (AvgIpc) is 2.38. The van der Waals surface area contributed by atoms with E-state index in [0.717, 1.165) is 8.95 Å². The summed E-state index contributed by atoms with van der Waals surface area (Å²) in [5.74, 6) is -0.190. The van der Waals surface area contributed by atoms with Crippen LogP contribution < -0.4 is 11.1 Å². The second kappa shape index (κ2) is 6.81. The number of amides is 1. The summed E-state index contributed by atoms with van der Waals surface area (Å²) in [6.45, 7) is 3.91. The van der Waals surface area contributed by atoms with Crippen LogP contribution in [0.4, 0.5) is 0 Å². The molecule has 0 aromatic heterocycles. The van der Waals surface area contributed by atoms with Crippen LogP contribution in [0.2, 0.25) is 0 Å². The third kappa shape index (κ3) is 3.77. The molecule has 1 aromatic rings. The van der Waals surface area contributed by atoms with Crippen LogP contribution in [-0.2, 0) is 0 Å². The minimum atomic E-state index is -0.631. The molecule has 0 radical (unpaired) electrons. The number of benzene rings is 1. The van der Waals surface area contributed by atoms with Crippen molar-refractivity contribution in [2.45, 2.75) is 32.2 Å². The van der Waals surface area contributed by atoms with Gasteiger partial charge >= 0.3 is 0 Å². The molecule has 1 amide bonds. The fourth-order valence-corrected chi connectivity index (χ4v) is 2.92. The molecule has 6 heteroatoms. The lowest BCUT2D eigenvalue weighted by molar-refractivity contribution is 0.0919. The van der Waals surface area contributed by atoms with Gasteiger partial charge in [-0.05, 0) is 47.0 Å². The van der Waals surface area contributed by atoms with Gasteiger partial charge in [0.1, 0.15) is 0 Å². The van der Waals surface area contributed by atoms with E-state index in [1.54, 1.807) is 6.07 Å². The summed E-state index contributed by atoms with van der Waals surface area (Å²) < 4.78 is 1.58. The Hall–Kier alpha value is -0.460. The van der Waals surface area contributed by atoms with Crippen LogP contribution in [-0.4, -0.2) is 16.4 Å². The number of rotatable bonds is 5. The Bertz CT molecular complexity index is 501. The number of nitrogens with two attached hydrogens (primary N) is 1. The Labute approximate surface area is 135 Å². The highest BCUT2D eigenvalue weighted by atomic mass is 79.9. The molecule has 0 aliphatic rings. The van der Waals surface area contributed by atoms with Crippen LogP contribution in [0.3, 0.4) is 0 Å². The largest absolute Gasteiger partial charge is 0.391 e. The lowest BCUT2D eigenvalue weighted by Gasteiger charge is -2.31. The molecule has 0 spiro atoms. The van der Waals surface area contributed by atoms with E-state index in [2.05, 4.69) is 37.2 Å². The molecule has 0 saturated heterocycles. The van der Waals surface area contributed by atoms with E-state index in [9.17, 15) is 4.79 Å². The van der Waals surface area contributed by atoms with Crippen LogP contribution in [0.1, 0.15) is 37.0 Å². The van der Waals surface area contributed by atoms with Crippen molar-refractivity contribution in [2.24, 2.45) is 5.73 Å². The van der Waals surface area contributed by atoms with E-state index in [1.165, 1.54) is 0 Å². The predicted molar refractivity (Wildman–Crippen MR) is 89.4 cm³/mol. The normalized spacial score (nSPS) is 11.2. The number of thiocarbonyl (C=S) groups is 1. The molecule has 0 bridgehead atoms. The highest BCUT2D eigenvalue weighted by Crippen LogP contribution is 2.23. The summed E-state index contributed by atoms with van der Waals surface area (Å²) in [6, 6.07) is 5.44. The number of halogens is 2. The summed E-state index contributed by atoms with van der Waals surface area (Å²) in [6.07, 6.45) is 1.33. The minimum Gasteiger partial charge on any atom is -0.391 e. The summed E-state index contributed by atoms with van der Waals surface area (Å²) in [5, 5.41) is 2.96. The standard InChI is InChI=1S/C13H16Br2N2OS/c1-3-13(4-2,12(16)19)17-11(18)9-7-8(14)5-6-10(9)15/h5-7H,3-4H2,1-2H3,(H2,16,19)(H,17,18). The number of carbonyl (C=O) groups excluding carboxylic acids is 1. The van der Waals surface area contributed by atoms with Crippen molar-refractivity contribution in [3.8, 4) is 0 Å². The second-order valence-corrected chi connectivity index (χ2v) is 6.44. The van der Waals surface area contributed by atoms with Crippen LogP contribution in [0.25, 0.3) is 0 Å². The summed E-state index contributed by atoms with van der Waals surface area (Å²) >= 11 is 11.8. The zero-order chi connectivity index (χ0) is 14.6. The van der Waals surface area contributed by atoms with E-state index >= 15 is 0 Å². The van der Waals surface area contributed by atoms with Crippen LogP contribution in [0.5, 0.6) is 0 Å². The van der Waals surface area contributed by atoms with Gasteiger partial charge in [0.05, 0.1) is 16.1 Å². The van der Waals surface area contributed by atoms with Gasteiger partial charge in [0.25, 0.3) is 5.91 Å². The first-order valence-corrected chi connectivity index (χ1v) is 7.93. The first-order valence-electron chi connectivity index (χ1n) is 5.93. The predicted octanol–water partition coefficient (Wildman–Crippen LogP) is 3.79. The number of carbonyl (C=O) groups is 1. The molecule has 0 fully saturated rings. The maximum absolute atomic E-state index is 12.4. The van der Waals surface area contributed by atoms with Crippen LogP contribution >= 0.6 is 44.1 Å². The highest BCUT2D eigenvalue weighted by Gasteiger charge is 2.32. The van der Waals surface area contributed by atoms with E-state index in [-0.39, 0.29) is 5.91 Å². The summed E-state index contributed by atoms with van der Waals surface area (Å²) in [7, 11) is 0. The van der Waals surface area contributed by atoms with Gasteiger partial charge in [0.15, 0.2) is 0 Å². The Morgan fingerprint density at radius 2 is 1.95 bits per heavy atom. The van der Waals surface area contributed by atoms with Crippen LogP contribution in [0.15, 0.2) is 27.1 Å². The SMILES string of the molecule is CCC(CC)(NC(=O)c1cc(Br)ccc1Br)C(N)=S. The number of nitrogens with one attached hydrogen (secondary N) is 1. The third-order valence-electron chi connectivity index (χ3n) is 3.20. The zero-order valence-electron chi connectivity index (χ0n) is 10.8. The lowest BCUT2D eigenvalue weighted by atomic mass is 9.92. The lowest BCUT2D eigenvalue weighted by Crippen LogP contribution is -2.56. The van der Waals surface area contributed by atoms with Gasteiger partial charge < -0.3 is 11.1 Å². The molecule has 0 heterocycles. The number of hydrogen-bond donors (Lipinski definition) is 2. The van der Waals surface area contributed by atoms with Gasteiger partial charge in [0, 0.05) is 8.95 Å². The van der Waals surface area contributed by atoms with Crippen molar-refractivity contribution in [1.82, 2.24) is 5.32 Å². The van der Waals surface area contributed by atoms with E-state index in [4.69, 9.17) is 18.0 Å². The third-order valence-corrected chi connectivity index (χ3v) is 4.78. The first-order chi connectivity index (χ1) is 8.86. The molecule has 3 N–H and O–H groups in total. The molecule has 0 saturated carbocycles. The molecular weight excluding hydrogens is 392 g/mol. The molecule has 19 heavy (non-hydrogen) atoms. The van der Waals surface area contributed by atoms with Gasteiger partial charge in [-0.1, -0.05) is 42.0 Å². The number of hydrogen-bond acceptors (Lipinski definition) is 2. The second-order valence-electron chi connectivity index (χ2n) is 4.23. The first kappa shape index (κ1) is 16.6. The maximum atomic E-state index is 12.4. The Kier molecular flexibility index (Phi) is 5.95. The van der Waals surface area contributed by atoms with Gasteiger partial charge in [-0.25, -0.2) is 0 Å². The smallest absolute Gasteiger partial charge is 0.253 e. The molecule has 1 aromatic carbocycles. The molecule has 0 aliphatic heterocycles. The van der Waals surface area contributed by atoms with Gasteiger partial charge in [-0.3, -0.25) is 4.79 Å². The van der Waals surface area contributed by atoms with Gasteiger partial charge in [-0.2, -0.15) is 0 Å². The molecule has 1 rings (SSSR count). The fourth-order valence-electron chi connectivity index (χ4n) is 1.79. The van der Waals surface area contributed by atoms with E-state index in [1.807, 2.05) is 26.0 Å². The Balaban J connectivity index is 3.07. The Morgan fingerprint density at radius 3 is 2.42 bits per heavy atom. The van der Waals surface area contributed by atoms with Crippen molar-refractivity contribution in [3.63, 3.8) is 0 Å². The van der Waals surface area contributed by atoms with Gasteiger partial charge in [0.2, 0.25) is 0 Å². The van der Waals surface area contributed by atoms with Crippen molar-refractivity contribution in [2.75, 3.05) is 0 Å². The molecule has 0 unspecified atom stereocenters. The van der Waals surface area contributed by atoms with E-state index < -0.39 is 5.54 Å². The molecule has 104 valence electrons. The van der Waals surface area contributed by atoms with Crippen molar-refractivity contribution < 1.29 is 4.79 Å². The highest BCUT2D eigenvalue weighted by molar-refractivity contribution is 9.11. The topological polar surface area (TPSA) is 55.1 Å². The van der Waals surface area contributed by atoms with E-state index in [0.29, 0.717) is 23.4 Å². The van der Waals surface area contributed by atoms with Gasteiger partial charge in [-0.15, -0.1) is 0 Å². The molecule has 3 nitrogen and oxygen atoms in total. The molecule has 0 atom stereocenters. The molecule has 0 aliphatic carbocycles. The van der Waals surface area contributed by atoms with Crippen molar-refractivity contribution >= 4 is 55.0 Å². The average molecular weight is 408 g/mol. The summed E-state index contributed by atoms with van der Waals surface area (Å²) in [5.41, 5.74) is 5.70. The monoisotopic (exact) mass is 406 g/mol. The summed E-state index contributed by atoms with van der Waals surface area (Å²) in [4.78, 5) is 12.7. The maximum Gasteiger partial charge on any atom is 0.253 e. The fraction of sp³-hybridized carbons (Fsp3) is 0.385. The van der Waals surface area contributed by atoms with Crippen LogP contribution in [0, 0.1) is 0 Å². The van der Waals surface area contributed by atoms with Crippen molar-refractivity contribution in [1.29, 1.82) is 0 Å². The van der Waals surface area contributed by atoms with Crippen molar-refractivity contribution in [3.05, 3.63) is 32.7 Å². The Morgan fingerprint density at radius 1 is 1.37 bits per heavy atom. The molecular formula is C13H16Br2N2OS.